The molecule has 2 aromatic carbocycles. The minimum Gasteiger partial charge on any atom is -0.377 e. The fraction of sp³-hybridized carbons (Fsp3) is 0.250. The fourth-order valence-corrected chi connectivity index (χ4v) is 4.13. The first kappa shape index (κ1) is 12.9. The minimum absolute atomic E-state index is 0.436. The number of rotatable bonds is 3. The Bertz CT molecular complexity index is 568. The highest BCUT2D eigenvalue weighted by Crippen LogP contribution is 2.38. The van der Waals surface area contributed by atoms with Crippen LogP contribution in [0.4, 0.5) is 5.69 Å². The van der Waals surface area contributed by atoms with Crippen LogP contribution >= 0.6 is 23.5 Å². The van der Waals surface area contributed by atoms with Crippen LogP contribution in [0.1, 0.15) is 18.0 Å². The van der Waals surface area contributed by atoms with Gasteiger partial charge < -0.3 is 5.32 Å². The first-order chi connectivity index (χ1) is 9.38. The Morgan fingerprint density at radius 3 is 2.79 bits per heavy atom. The summed E-state index contributed by atoms with van der Waals surface area (Å²) in [5, 5.41) is 3.72. The van der Waals surface area contributed by atoms with Crippen molar-refractivity contribution < 1.29 is 0 Å². The Morgan fingerprint density at radius 2 is 1.89 bits per heavy atom. The molecule has 0 saturated carbocycles. The number of nitrogens with one attached hydrogen (secondary N) is 1. The zero-order valence-corrected chi connectivity index (χ0v) is 12.6. The maximum Gasteiger partial charge on any atom is 0.0533 e. The van der Waals surface area contributed by atoms with Crippen molar-refractivity contribution in [2.75, 3.05) is 17.3 Å². The molecule has 0 fully saturated rings. The Kier molecular flexibility index (Phi) is 4.04. The van der Waals surface area contributed by atoms with E-state index in [1.165, 1.54) is 33.2 Å². The lowest BCUT2D eigenvalue weighted by atomic mass is 10.0. The van der Waals surface area contributed by atoms with E-state index in [9.17, 15) is 0 Å². The highest BCUT2D eigenvalue weighted by atomic mass is 32.2. The van der Waals surface area contributed by atoms with Crippen LogP contribution in [0, 0.1) is 0 Å². The van der Waals surface area contributed by atoms with Crippen molar-refractivity contribution in [3.8, 4) is 0 Å². The van der Waals surface area contributed by atoms with Crippen LogP contribution in [0.5, 0.6) is 0 Å². The summed E-state index contributed by atoms with van der Waals surface area (Å²) in [6, 6.07) is 17.7. The summed E-state index contributed by atoms with van der Waals surface area (Å²) >= 11 is 3.77. The molecule has 0 aromatic heterocycles. The predicted octanol–water partition coefficient (Wildman–Crippen LogP) is 5.06. The zero-order valence-electron chi connectivity index (χ0n) is 10.9. The van der Waals surface area contributed by atoms with Gasteiger partial charge in [0.25, 0.3) is 0 Å². The minimum atomic E-state index is 0.436. The van der Waals surface area contributed by atoms with Crippen LogP contribution in [0.15, 0.2) is 58.3 Å². The second-order valence-corrected chi connectivity index (χ2v) is 6.56. The van der Waals surface area contributed by atoms with E-state index >= 15 is 0 Å². The molecule has 1 nitrogen and oxygen atoms in total. The van der Waals surface area contributed by atoms with E-state index < -0.39 is 0 Å². The molecule has 0 bridgehead atoms. The van der Waals surface area contributed by atoms with E-state index in [0.717, 1.165) is 0 Å². The standard InChI is InChI=1S/C16H17NS2/c1-18-16-9-5-3-7-14(16)17-13-10-11-19-15-8-4-2-6-12(13)15/h2-9,13,17H,10-11H2,1H3. The highest BCUT2D eigenvalue weighted by Gasteiger charge is 2.20. The highest BCUT2D eigenvalue weighted by molar-refractivity contribution is 7.99. The van der Waals surface area contributed by atoms with Crippen molar-refractivity contribution in [1.29, 1.82) is 0 Å². The second-order valence-electron chi connectivity index (χ2n) is 4.57. The number of fused-ring (bicyclic) bond motifs is 1. The largest absolute Gasteiger partial charge is 0.377 e. The summed E-state index contributed by atoms with van der Waals surface area (Å²) in [5.74, 6) is 1.19. The van der Waals surface area contributed by atoms with Gasteiger partial charge in [-0.15, -0.1) is 23.5 Å². The molecule has 1 aliphatic rings. The molecule has 3 rings (SSSR count). The lowest BCUT2D eigenvalue weighted by Gasteiger charge is -2.27. The molecule has 0 radical (unpaired) electrons. The Balaban J connectivity index is 1.88. The molecule has 1 aliphatic heterocycles. The van der Waals surface area contributed by atoms with Crippen molar-refractivity contribution in [2.24, 2.45) is 0 Å². The van der Waals surface area contributed by atoms with Crippen LogP contribution in [0.25, 0.3) is 0 Å². The van der Waals surface area contributed by atoms with E-state index in [1.54, 1.807) is 11.8 Å². The van der Waals surface area contributed by atoms with E-state index in [1.807, 2.05) is 11.8 Å². The van der Waals surface area contributed by atoms with Crippen LogP contribution in [-0.2, 0) is 0 Å². The van der Waals surface area contributed by atoms with Crippen LogP contribution in [0.3, 0.4) is 0 Å². The van der Waals surface area contributed by atoms with Crippen molar-refractivity contribution in [2.45, 2.75) is 22.3 Å². The van der Waals surface area contributed by atoms with Gasteiger partial charge in [-0.25, -0.2) is 0 Å². The van der Waals surface area contributed by atoms with Gasteiger partial charge in [-0.1, -0.05) is 30.3 Å². The molecular formula is C16H17NS2. The number of para-hydroxylation sites is 1. The molecule has 0 saturated heterocycles. The molecule has 0 spiro atoms. The van der Waals surface area contributed by atoms with Crippen molar-refractivity contribution >= 4 is 29.2 Å². The smallest absolute Gasteiger partial charge is 0.0533 e. The lowest BCUT2D eigenvalue weighted by molar-refractivity contribution is 0.726. The molecule has 2 aromatic rings. The quantitative estimate of drug-likeness (QED) is 0.793. The number of benzene rings is 2. The predicted molar refractivity (Wildman–Crippen MR) is 86.4 cm³/mol. The lowest BCUT2D eigenvalue weighted by Crippen LogP contribution is -2.16. The van der Waals surface area contributed by atoms with Gasteiger partial charge in [0.1, 0.15) is 0 Å². The van der Waals surface area contributed by atoms with Gasteiger partial charge in [-0.05, 0) is 36.4 Å². The van der Waals surface area contributed by atoms with Crippen molar-refractivity contribution in [3.05, 3.63) is 54.1 Å². The SMILES string of the molecule is CSc1ccccc1NC1CCSc2ccccc21. The third kappa shape index (κ3) is 2.77. The van der Waals surface area contributed by atoms with Crippen LogP contribution in [-0.4, -0.2) is 12.0 Å². The number of hydrogen-bond donors (Lipinski definition) is 1. The molecule has 1 unspecified atom stereocenters. The summed E-state index contributed by atoms with van der Waals surface area (Å²) in [6.45, 7) is 0. The maximum atomic E-state index is 3.72. The Hall–Kier alpha value is -1.06. The topological polar surface area (TPSA) is 12.0 Å². The zero-order chi connectivity index (χ0) is 13.1. The van der Waals surface area contributed by atoms with Gasteiger partial charge in [0, 0.05) is 21.2 Å². The Labute approximate surface area is 123 Å². The van der Waals surface area contributed by atoms with E-state index in [-0.39, 0.29) is 0 Å². The second kappa shape index (κ2) is 5.93. The number of hydrogen-bond acceptors (Lipinski definition) is 3. The van der Waals surface area contributed by atoms with Gasteiger partial charge in [0.2, 0.25) is 0 Å². The first-order valence-electron chi connectivity index (χ1n) is 6.50. The summed E-state index contributed by atoms with van der Waals surface area (Å²) in [6.07, 6.45) is 3.32. The van der Waals surface area contributed by atoms with Crippen molar-refractivity contribution in [3.63, 3.8) is 0 Å². The molecule has 0 aliphatic carbocycles. The first-order valence-corrected chi connectivity index (χ1v) is 8.71. The fourth-order valence-electron chi connectivity index (χ4n) is 2.44. The summed E-state index contributed by atoms with van der Waals surface area (Å²) in [4.78, 5) is 2.74. The van der Waals surface area contributed by atoms with E-state index in [0.29, 0.717) is 6.04 Å². The summed E-state index contributed by atoms with van der Waals surface area (Å²) in [5.41, 5.74) is 2.69. The van der Waals surface area contributed by atoms with Gasteiger partial charge in [-0.3, -0.25) is 0 Å². The van der Waals surface area contributed by atoms with E-state index in [2.05, 4.69) is 60.1 Å². The third-order valence-electron chi connectivity index (χ3n) is 3.40. The summed E-state index contributed by atoms with van der Waals surface area (Å²) < 4.78 is 0. The van der Waals surface area contributed by atoms with Gasteiger partial charge >= 0.3 is 0 Å². The van der Waals surface area contributed by atoms with Gasteiger partial charge in [0.05, 0.1) is 6.04 Å². The molecule has 3 heteroatoms. The molecule has 1 heterocycles. The third-order valence-corrected chi connectivity index (χ3v) is 5.31. The average molecular weight is 287 g/mol. The number of anilines is 1. The number of thioether (sulfide) groups is 2. The summed E-state index contributed by atoms with van der Waals surface area (Å²) in [7, 11) is 0. The molecule has 1 atom stereocenters. The van der Waals surface area contributed by atoms with Crippen LogP contribution in [0.2, 0.25) is 0 Å². The molecular weight excluding hydrogens is 270 g/mol. The van der Waals surface area contributed by atoms with Gasteiger partial charge in [0.15, 0.2) is 0 Å². The van der Waals surface area contributed by atoms with Gasteiger partial charge in [-0.2, -0.15) is 0 Å². The van der Waals surface area contributed by atoms with Crippen LogP contribution < -0.4 is 5.32 Å². The monoisotopic (exact) mass is 287 g/mol. The molecule has 1 N–H and O–H groups in total. The van der Waals surface area contributed by atoms with Crippen molar-refractivity contribution in [1.82, 2.24) is 0 Å². The average Bonchev–Trinajstić information content (AvgIpc) is 2.48. The maximum absolute atomic E-state index is 3.72. The molecule has 19 heavy (non-hydrogen) atoms. The van der Waals surface area contributed by atoms with E-state index in [4.69, 9.17) is 0 Å². The normalized spacial score (nSPS) is 17.8. The molecule has 0 amide bonds. The molecule has 98 valence electrons. The Morgan fingerprint density at radius 1 is 1.11 bits per heavy atom.